The molecule has 1 aromatic rings. The first-order valence-corrected chi connectivity index (χ1v) is 8.10. The smallest absolute Gasteiger partial charge is 0.226 e. The maximum absolute atomic E-state index is 6.12. The van der Waals surface area contributed by atoms with Gasteiger partial charge in [0.25, 0.3) is 0 Å². The minimum atomic E-state index is 0.463. The summed E-state index contributed by atoms with van der Waals surface area (Å²) in [6.07, 6.45) is 0. The van der Waals surface area contributed by atoms with Crippen molar-refractivity contribution in [3.8, 4) is 0 Å². The molecule has 7 nitrogen and oxygen atoms in total. The van der Waals surface area contributed by atoms with E-state index in [-0.39, 0.29) is 0 Å². The lowest BCUT2D eigenvalue weighted by atomic mass is 10.4. The molecule has 0 unspecified atom stereocenters. The molecule has 2 aliphatic heterocycles. The van der Waals surface area contributed by atoms with Crippen molar-refractivity contribution < 1.29 is 9.47 Å². The summed E-state index contributed by atoms with van der Waals surface area (Å²) in [6.45, 7) is 8.46. The number of rotatable bonds is 5. The number of aromatic nitrogens is 2. The Balaban J connectivity index is 1.54. The van der Waals surface area contributed by atoms with Gasteiger partial charge >= 0.3 is 0 Å². The molecule has 2 fully saturated rings. The molecule has 2 saturated heterocycles. The Morgan fingerprint density at radius 1 is 1.05 bits per heavy atom. The van der Waals surface area contributed by atoms with E-state index in [1.165, 1.54) is 0 Å². The highest BCUT2D eigenvalue weighted by Crippen LogP contribution is 2.19. The van der Waals surface area contributed by atoms with Crippen LogP contribution >= 0.6 is 11.6 Å². The van der Waals surface area contributed by atoms with Crippen molar-refractivity contribution in [2.24, 2.45) is 0 Å². The predicted octanol–water partition coefficient (Wildman–Crippen LogP) is 0.711. The van der Waals surface area contributed by atoms with Crippen LogP contribution in [-0.4, -0.2) is 80.6 Å². The number of anilines is 2. The van der Waals surface area contributed by atoms with Gasteiger partial charge in [0.05, 0.1) is 26.4 Å². The molecule has 22 heavy (non-hydrogen) atoms. The highest BCUT2D eigenvalue weighted by molar-refractivity contribution is 6.29. The van der Waals surface area contributed by atoms with Crippen molar-refractivity contribution in [1.82, 2.24) is 14.9 Å². The molecule has 8 heteroatoms. The normalized spacial score (nSPS) is 20.1. The lowest BCUT2D eigenvalue weighted by Gasteiger charge is -2.28. The second-order valence-electron chi connectivity index (χ2n) is 5.35. The molecule has 0 aliphatic carbocycles. The van der Waals surface area contributed by atoms with Gasteiger partial charge in [-0.1, -0.05) is 11.6 Å². The topological polar surface area (TPSA) is 62.8 Å². The first kappa shape index (κ1) is 15.7. The third-order valence-corrected chi connectivity index (χ3v) is 4.02. The molecule has 0 bridgehead atoms. The molecule has 122 valence electrons. The van der Waals surface area contributed by atoms with E-state index in [0.29, 0.717) is 11.1 Å². The Labute approximate surface area is 135 Å². The monoisotopic (exact) mass is 327 g/mol. The van der Waals surface area contributed by atoms with E-state index in [2.05, 4.69) is 25.1 Å². The molecular formula is C14H22ClN5O2. The van der Waals surface area contributed by atoms with Crippen LogP contribution in [0.4, 0.5) is 11.8 Å². The molecule has 1 aromatic heterocycles. The van der Waals surface area contributed by atoms with Crippen molar-refractivity contribution in [3.63, 3.8) is 0 Å². The van der Waals surface area contributed by atoms with Crippen molar-refractivity contribution >= 4 is 23.4 Å². The fourth-order valence-electron chi connectivity index (χ4n) is 2.59. The SMILES string of the molecule is Clc1cc(N2CCOCC2)nc(NCCN2CCOCC2)n1. The predicted molar refractivity (Wildman–Crippen MR) is 85.8 cm³/mol. The highest BCUT2D eigenvalue weighted by Gasteiger charge is 2.15. The second-order valence-corrected chi connectivity index (χ2v) is 5.74. The lowest BCUT2D eigenvalue weighted by molar-refractivity contribution is 0.0398. The summed E-state index contributed by atoms with van der Waals surface area (Å²) in [5, 5.41) is 3.73. The summed E-state index contributed by atoms with van der Waals surface area (Å²) >= 11 is 6.12. The zero-order valence-electron chi connectivity index (χ0n) is 12.6. The number of ether oxygens (including phenoxy) is 2. The molecule has 2 aliphatic rings. The van der Waals surface area contributed by atoms with Crippen LogP contribution in [0.5, 0.6) is 0 Å². The van der Waals surface area contributed by atoms with Gasteiger partial charge in [-0.2, -0.15) is 4.98 Å². The van der Waals surface area contributed by atoms with E-state index in [1.807, 2.05) is 0 Å². The molecule has 0 amide bonds. The van der Waals surface area contributed by atoms with Gasteiger partial charge in [-0.05, 0) is 0 Å². The molecule has 0 saturated carbocycles. The Morgan fingerprint density at radius 3 is 2.45 bits per heavy atom. The van der Waals surface area contributed by atoms with Crippen LogP contribution in [-0.2, 0) is 9.47 Å². The number of hydrogen-bond acceptors (Lipinski definition) is 7. The highest BCUT2D eigenvalue weighted by atomic mass is 35.5. The van der Waals surface area contributed by atoms with Crippen LogP contribution in [0.15, 0.2) is 6.07 Å². The van der Waals surface area contributed by atoms with Gasteiger partial charge < -0.3 is 19.7 Å². The Bertz CT molecular complexity index is 478. The average molecular weight is 328 g/mol. The van der Waals surface area contributed by atoms with E-state index < -0.39 is 0 Å². The van der Waals surface area contributed by atoms with Crippen LogP contribution in [0, 0.1) is 0 Å². The summed E-state index contributed by atoms with van der Waals surface area (Å²) in [5.74, 6) is 1.44. The standard InChI is InChI=1S/C14H22ClN5O2/c15-12-11-13(20-5-9-22-10-6-20)18-14(17-12)16-1-2-19-3-7-21-8-4-19/h11H,1-10H2,(H,16,17,18). The number of hydrogen-bond donors (Lipinski definition) is 1. The minimum Gasteiger partial charge on any atom is -0.379 e. The maximum atomic E-state index is 6.12. The first-order chi connectivity index (χ1) is 10.8. The van der Waals surface area contributed by atoms with E-state index in [4.69, 9.17) is 21.1 Å². The van der Waals surface area contributed by atoms with Gasteiger partial charge in [-0.25, -0.2) is 4.98 Å². The maximum Gasteiger partial charge on any atom is 0.226 e. The largest absolute Gasteiger partial charge is 0.379 e. The van der Waals surface area contributed by atoms with Crippen molar-refractivity contribution in [1.29, 1.82) is 0 Å². The molecule has 0 atom stereocenters. The average Bonchev–Trinajstić information content (AvgIpc) is 2.56. The summed E-state index contributed by atoms with van der Waals surface area (Å²) in [4.78, 5) is 13.3. The van der Waals surface area contributed by atoms with Gasteiger partial charge in [-0.3, -0.25) is 4.90 Å². The van der Waals surface area contributed by atoms with E-state index in [1.54, 1.807) is 6.07 Å². The molecular weight excluding hydrogens is 306 g/mol. The number of morpholine rings is 2. The van der Waals surface area contributed by atoms with Crippen molar-refractivity contribution in [3.05, 3.63) is 11.2 Å². The molecule has 0 spiro atoms. The minimum absolute atomic E-state index is 0.463. The second kappa shape index (κ2) is 7.92. The van der Waals surface area contributed by atoms with Crippen LogP contribution in [0.1, 0.15) is 0 Å². The van der Waals surface area contributed by atoms with Crippen LogP contribution in [0.25, 0.3) is 0 Å². The fourth-order valence-corrected chi connectivity index (χ4v) is 2.77. The zero-order valence-corrected chi connectivity index (χ0v) is 13.4. The number of nitrogens with one attached hydrogen (secondary N) is 1. The third-order valence-electron chi connectivity index (χ3n) is 3.83. The van der Waals surface area contributed by atoms with E-state index in [0.717, 1.165) is 71.5 Å². The van der Waals surface area contributed by atoms with Gasteiger partial charge in [0.2, 0.25) is 5.95 Å². The van der Waals surface area contributed by atoms with Crippen LogP contribution < -0.4 is 10.2 Å². The molecule has 0 aromatic carbocycles. The van der Waals surface area contributed by atoms with E-state index in [9.17, 15) is 0 Å². The van der Waals surface area contributed by atoms with Gasteiger partial charge in [0, 0.05) is 45.3 Å². The van der Waals surface area contributed by atoms with E-state index >= 15 is 0 Å². The lowest BCUT2D eigenvalue weighted by Crippen LogP contribution is -2.39. The summed E-state index contributed by atoms with van der Waals surface area (Å²) in [7, 11) is 0. The first-order valence-electron chi connectivity index (χ1n) is 7.72. The molecule has 1 N–H and O–H groups in total. The molecule has 3 heterocycles. The Kier molecular flexibility index (Phi) is 5.66. The van der Waals surface area contributed by atoms with Gasteiger partial charge in [-0.15, -0.1) is 0 Å². The summed E-state index contributed by atoms with van der Waals surface area (Å²) in [5.41, 5.74) is 0. The molecule has 0 radical (unpaired) electrons. The van der Waals surface area contributed by atoms with Crippen LogP contribution in [0.2, 0.25) is 5.15 Å². The summed E-state index contributed by atoms with van der Waals surface area (Å²) in [6, 6.07) is 1.81. The Morgan fingerprint density at radius 2 is 1.73 bits per heavy atom. The quantitative estimate of drug-likeness (QED) is 0.799. The van der Waals surface area contributed by atoms with Crippen molar-refractivity contribution in [2.75, 3.05) is 75.9 Å². The van der Waals surface area contributed by atoms with Crippen molar-refractivity contribution in [2.45, 2.75) is 0 Å². The zero-order chi connectivity index (χ0) is 15.2. The van der Waals surface area contributed by atoms with Crippen LogP contribution in [0.3, 0.4) is 0 Å². The Hall–Kier alpha value is -1.15. The fraction of sp³-hybridized carbons (Fsp3) is 0.714. The van der Waals surface area contributed by atoms with Gasteiger partial charge in [0.1, 0.15) is 11.0 Å². The third kappa shape index (κ3) is 4.42. The number of nitrogens with zero attached hydrogens (tertiary/aromatic N) is 4. The van der Waals surface area contributed by atoms with Gasteiger partial charge in [0.15, 0.2) is 0 Å². The molecule has 3 rings (SSSR count). The number of halogens is 1. The summed E-state index contributed by atoms with van der Waals surface area (Å²) < 4.78 is 10.7.